The normalized spacial score (nSPS) is 15.1. The van der Waals surface area contributed by atoms with Crippen molar-refractivity contribution >= 4 is 39.3 Å². The van der Waals surface area contributed by atoms with Gasteiger partial charge in [-0.05, 0) is 50.1 Å². The van der Waals surface area contributed by atoms with E-state index in [0.717, 1.165) is 15.6 Å². The lowest BCUT2D eigenvalue weighted by molar-refractivity contribution is -0.110. The number of nitrogens with zero attached hydrogens (tertiary/aromatic N) is 1. The molecule has 0 spiro atoms. The molecule has 1 aromatic carbocycles. The third-order valence-corrected chi connectivity index (χ3v) is 4.37. The van der Waals surface area contributed by atoms with Crippen LogP contribution in [0.25, 0.3) is 11.6 Å². The number of rotatable bonds is 1. The molecule has 0 unspecified atom stereocenters. The van der Waals surface area contributed by atoms with Crippen LogP contribution in [-0.2, 0) is 4.79 Å². The Morgan fingerprint density at radius 2 is 2.00 bits per heavy atom. The average Bonchev–Trinajstić information content (AvgIpc) is 2.76. The molecule has 2 heterocycles. The van der Waals surface area contributed by atoms with Gasteiger partial charge in [-0.3, -0.25) is 4.79 Å². The first kappa shape index (κ1) is 14.8. The molecular formula is C17H15BrN2O2. The summed E-state index contributed by atoms with van der Waals surface area (Å²) >= 11 is 3.45. The quantitative estimate of drug-likeness (QED) is 0.758. The molecule has 0 radical (unpaired) electrons. The Kier molecular flexibility index (Phi) is 3.53. The molecule has 0 saturated heterocycles. The summed E-state index contributed by atoms with van der Waals surface area (Å²) in [7, 11) is 0. The second kappa shape index (κ2) is 5.25. The highest BCUT2D eigenvalue weighted by atomic mass is 79.9. The molecule has 0 bridgehead atoms. The third kappa shape index (κ3) is 2.31. The first-order valence-electron chi connectivity index (χ1n) is 6.88. The third-order valence-electron chi connectivity index (χ3n) is 3.88. The highest BCUT2D eigenvalue weighted by molar-refractivity contribution is 9.10. The number of hydrogen-bond acceptors (Lipinski definition) is 3. The second-order valence-corrected chi connectivity index (χ2v) is 6.32. The molecule has 1 aliphatic heterocycles. The summed E-state index contributed by atoms with van der Waals surface area (Å²) < 4.78 is 0.949. The minimum Gasteiger partial charge on any atom is -0.506 e. The van der Waals surface area contributed by atoms with E-state index in [2.05, 4.69) is 26.2 Å². The number of hydrogen-bond donors (Lipinski definition) is 2. The second-order valence-electron chi connectivity index (χ2n) is 5.41. The van der Waals surface area contributed by atoms with Crippen molar-refractivity contribution in [3.8, 4) is 5.75 Å². The molecule has 0 atom stereocenters. The zero-order valence-electron chi connectivity index (χ0n) is 12.5. The van der Waals surface area contributed by atoms with Crippen LogP contribution >= 0.6 is 15.9 Å². The summed E-state index contributed by atoms with van der Waals surface area (Å²) in [6.07, 6.45) is 1.84. The van der Waals surface area contributed by atoms with Crippen molar-refractivity contribution in [2.45, 2.75) is 20.8 Å². The Morgan fingerprint density at radius 1 is 1.27 bits per heavy atom. The predicted molar refractivity (Wildman–Crippen MR) is 90.8 cm³/mol. The van der Waals surface area contributed by atoms with Crippen LogP contribution in [0.3, 0.4) is 0 Å². The molecule has 3 rings (SSSR count). The van der Waals surface area contributed by atoms with E-state index in [4.69, 9.17) is 0 Å². The summed E-state index contributed by atoms with van der Waals surface area (Å²) in [5, 5.41) is 12.9. The maximum atomic E-state index is 12.3. The lowest BCUT2D eigenvalue weighted by Crippen LogP contribution is -2.04. The molecule has 5 heteroatoms. The van der Waals surface area contributed by atoms with Crippen LogP contribution in [-0.4, -0.2) is 16.0 Å². The van der Waals surface area contributed by atoms with Gasteiger partial charge in [-0.25, -0.2) is 4.98 Å². The van der Waals surface area contributed by atoms with Crippen molar-refractivity contribution in [2.24, 2.45) is 0 Å². The van der Waals surface area contributed by atoms with Gasteiger partial charge in [0.15, 0.2) is 0 Å². The van der Waals surface area contributed by atoms with E-state index >= 15 is 0 Å². The van der Waals surface area contributed by atoms with E-state index in [1.54, 1.807) is 13.8 Å². The van der Waals surface area contributed by atoms with Crippen LogP contribution in [0.4, 0.5) is 5.82 Å². The molecule has 112 valence electrons. The Balaban J connectivity index is 2.23. The van der Waals surface area contributed by atoms with E-state index in [-0.39, 0.29) is 11.7 Å². The number of amides is 1. The summed E-state index contributed by atoms with van der Waals surface area (Å²) in [6.45, 7) is 5.50. The summed E-state index contributed by atoms with van der Waals surface area (Å²) in [6, 6.07) is 5.91. The number of aromatic nitrogens is 1. The van der Waals surface area contributed by atoms with E-state index in [9.17, 15) is 9.90 Å². The number of halogens is 1. The monoisotopic (exact) mass is 358 g/mol. The molecule has 4 nitrogen and oxygen atoms in total. The number of aromatic hydroxyl groups is 1. The van der Waals surface area contributed by atoms with Gasteiger partial charge in [-0.1, -0.05) is 22.0 Å². The van der Waals surface area contributed by atoms with E-state index < -0.39 is 0 Å². The van der Waals surface area contributed by atoms with Crippen molar-refractivity contribution < 1.29 is 9.90 Å². The summed E-state index contributed by atoms with van der Waals surface area (Å²) in [5.74, 6) is 0.443. The van der Waals surface area contributed by atoms with Crippen molar-refractivity contribution in [3.63, 3.8) is 0 Å². The number of carbonyl (C=O) groups is 1. The first-order valence-corrected chi connectivity index (χ1v) is 7.67. The van der Waals surface area contributed by atoms with Crippen LogP contribution in [0.5, 0.6) is 5.75 Å². The number of benzene rings is 1. The van der Waals surface area contributed by atoms with Gasteiger partial charge >= 0.3 is 0 Å². The smallest absolute Gasteiger partial charge is 0.257 e. The first-order chi connectivity index (χ1) is 10.4. The predicted octanol–water partition coefficient (Wildman–Crippen LogP) is 3.97. The van der Waals surface area contributed by atoms with Gasteiger partial charge in [0.1, 0.15) is 11.6 Å². The van der Waals surface area contributed by atoms with E-state index in [1.807, 2.05) is 31.2 Å². The van der Waals surface area contributed by atoms with Crippen molar-refractivity contribution in [1.29, 1.82) is 0 Å². The minimum atomic E-state index is -0.199. The van der Waals surface area contributed by atoms with Gasteiger partial charge in [0.2, 0.25) is 0 Å². The fourth-order valence-corrected chi connectivity index (χ4v) is 2.99. The number of aryl methyl sites for hydroxylation is 2. The van der Waals surface area contributed by atoms with Gasteiger partial charge in [0.05, 0.1) is 11.3 Å². The van der Waals surface area contributed by atoms with E-state index in [0.29, 0.717) is 28.2 Å². The standard InChI is InChI=1S/C17H15BrN2O2/c1-8-4-5-12(18)6-11(8)7-13-14-9(2)15(21)10(3)19-16(14)20-17(13)22/h4-7,21H,1-3H3,(H,19,20,22)/b13-7-. The number of anilines is 1. The maximum absolute atomic E-state index is 12.3. The summed E-state index contributed by atoms with van der Waals surface area (Å²) in [5.41, 5.74) is 4.39. The average molecular weight is 359 g/mol. The molecule has 1 aliphatic rings. The van der Waals surface area contributed by atoms with Crippen molar-refractivity contribution in [1.82, 2.24) is 4.98 Å². The molecule has 1 amide bonds. The van der Waals surface area contributed by atoms with Gasteiger partial charge < -0.3 is 10.4 Å². The molecule has 1 aromatic heterocycles. The lowest BCUT2D eigenvalue weighted by atomic mass is 9.98. The molecule has 0 saturated carbocycles. The van der Waals surface area contributed by atoms with Crippen LogP contribution in [0.2, 0.25) is 0 Å². The van der Waals surface area contributed by atoms with Gasteiger partial charge in [-0.15, -0.1) is 0 Å². The zero-order valence-corrected chi connectivity index (χ0v) is 14.1. The largest absolute Gasteiger partial charge is 0.506 e. The minimum absolute atomic E-state index is 0.132. The SMILES string of the molecule is Cc1ccc(Br)cc1/C=C1\C(=O)Nc2nc(C)c(O)c(C)c21. The lowest BCUT2D eigenvalue weighted by Gasteiger charge is -2.08. The van der Waals surface area contributed by atoms with E-state index in [1.165, 1.54) is 0 Å². The molecule has 2 N–H and O–H groups in total. The van der Waals surface area contributed by atoms with Crippen LogP contribution in [0.1, 0.15) is 27.9 Å². The highest BCUT2D eigenvalue weighted by Gasteiger charge is 2.29. The number of pyridine rings is 1. The van der Waals surface area contributed by atoms with Crippen LogP contribution < -0.4 is 5.32 Å². The summed E-state index contributed by atoms with van der Waals surface area (Å²) in [4.78, 5) is 16.6. The molecular weight excluding hydrogens is 344 g/mol. The number of fused-ring (bicyclic) bond motifs is 1. The Hall–Kier alpha value is -2.14. The molecule has 2 aromatic rings. The Labute approximate surface area is 137 Å². The van der Waals surface area contributed by atoms with Crippen molar-refractivity contribution in [3.05, 3.63) is 50.6 Å². The van der Waals surface area contributed by atoms with Gasteiger partial charge in [0.25, 0.3) is 5.91 Å². The Bertz CT molecular complexity index is 841. The topological polar surface area (TPSA) is 62.2 Å². The van der Waals surface area contributed by atoms with Crippen LogP contribution in [0, 0.1) is 20.8 Å². The molecule has 0 aliphatic carbocycles. The van der Waals surface area contributed by atoms with Gasteiger partial charge in [0, 0.05) is 15.6 Å². The maximum Gasteiger partial charge on any atom is 0.257 e. The molecule has 22 heavy (non-hydrogen) atoms. The fourth-order valence-electron chi connectivity index (χ4n) is 2.61. The number of nitrogens with one attached hydrogen (secondary N) is 1. The fraction of sp³-hybridized carbons (Fsp3) is 0.176. The molecule has 0 fully saturated rings. The highest BCUT2D eigenvalue weighted by Crippen LogP contribution is 2.39. The zero-order chi connectivity index (χ0) is 16.0. The Morgan fingerprint density at radius 3 is 2.73 bits per heavy atom. The van der Waals surface area contributed by atoms with Crippen molar-refractivity contribution in [2.75, 3.05) is 5.32 Å². The number of carbonyl (C=O) groups excluding carboxylic acids is 1. The van der Waals surface area contributed by atoms with Crippen LogP contribution in [0.15, 0.2) is 22.7 Å². The van der Waals surface area contributed by atoms with Gasteiger partial charge in [-0.2, -0.15) is 0 Å².